The summed E-state index contributed by atoms with van der Waals surface area (Å²) in [5.41, 5.74) is 2.29. The van der Waals surface area contributed by atoms with E-state index in [1.807, 2.05) is 23.1 Å². The largest absolute Gasteiger partial charge is 0.417 e. The minimum atomic E-state index is -0.434. The number of fused-ring (bicyclic) bond motifs is 1. The third kappa shape index (κ3) is 3.50. The van der Waals surface area contributed by atoms with Gasteiger partial charge in [-0.2, -0.15) is 0 Å². The molecule has 7 nitrogen and oxygen atoms in total. The van der Waals surface area contributed by atoms with Gasteiger partial charge in [-0.15, -0.1) is 0 Å². The van der Waals surface area contributed by atoms with Gasteiger partial charge in [0.05, 0.1) is 5.52 Å². The Bertz CT molecular complexity index is 798. The molecule has 1 saturated heterocycles. The minimum Gasteiger partial charge on any atom is -0.408 e. The van der Waals surface area contributed by atoms with Gasteiger partial charge in [0, 0.05) is 44.0 Å². The lowest BCUT2D eigenvalue weighted by Crippen LogP contribution is -2.53. The lowest BCUT2D eigenvalue weighted by molar-refractivity contribution is 0.186. The Balaban J connectivity index is 1.35. The Morgan fingerprint density at radius 2 is 1.88 bits per heavy atom. The molecular weight excluding hydrogens is 320 g/mol. The first-order valence-corrected chi connectivity index (χ1v) is 9.12. The van der Waals surface area contributed by atoms with Crippen LogP contribution >= 0.6 is 0 Å². The van der Waals surface area contributed by atoms with Crippen molar-refractivity contribution in [1.29, 1.82) is 0 Å². The number of piperazine rings is 1. The van der Waals surface area contributed by atoms with E-state index in [0.29, 0.717) is 30.2 Å². The number of nitrogens with zero attached hydrogens (tertiary/aromatic N) is 2. The quantitative estimate of drug-likeness (QED) is 0.876. The molecule has 1 aromatic heterocycles. The first-order chi connectivity index (χ1) is 12.2. The van der Waals surface area contributed by atoms with Crippen LogP contribution in [0, 0.1) is 0 Å². The first-order valence-electron chi connectivity index (χ1n) is 9.12. The molecular formula is C18H24N4O3. The van der Waals surface area contributed by atoms with Crippen molar-refractivity contribution >= 4 is 22.8 Å². The number of oxazole rings is 1. The molecule has 0 radical (unpaired) electrons. The number of hydrogen-bond acceptors (Lipinski definition) is 4. The van der Waals surface area contributed by atoms with Gasteiger partial charge in [0.1, 0.15) is 0 Å². The second kappa shape index (κ2) is 6.82. The van der Waals surface area contributed by atoms with E-state index in [0.717, 1.165) is 31.6 Å². The first kappa shape index (κ1) is 16.1. The van der Waals surface area contributed by atoms with Gasteiger partial charge in [-0.3, -0.25) is 4.98 Å². The van der Waals surface area contributed by atoms with Crippen molar-refractivity contribution in [2.24, 2.45) is 0 Å². The number of benzene rings is 1. The summed E-state index contributed by atoms with van der Waals surface area (Å²) in [5, 5.41) is 3.18. The van der Waals surface area contributed by atoms with Crippen LogP contribution in [0.4, 0.5) is 10.5 Å². The molecule has 2 aromatic rings. The number of anilines is 1. The molecule has 1 saturated carbocycles. The Hall–Kier alpha value is -2.44. The summed E-state index contributed by atoms with van der Waals surface area (Å²) in [5.74, 6) is -0.434. The summed E-state index contributed by atoms with van der Waals surface area (Å²) in [7, 11) is 0. The summed E-state index contributed by atoms with van der Waals surface area (Å²) in [6.07, 6.45) is 5.94. The highest BCUT2D eigenvalue weighted by Gasteiger charge is 2.24. The van der Waals surface area contributed by atoms with E-state index < -0.39 is 5.76 Å². The second-order valence-electron chi connectivity index (χ2n) is 6.95. The Kier molecular flexibility index (Phi) is 4.38. The van der Waals surface area contributed by atoms with Gasteiger partial charge >= 0.3 is 11.8 Å². The smallest absolute Gasteiger partial charge is 0.408 e. The molecule has 2 N–H and O–H groups in total. The summed E-state index contributed by atoms with van der Waals surface area (Å²) in [4.78, 5) is 30.5. The zero-order chi connectivity index (χ0) is 17.2. The predicted octanol–water partition coefficient (Wildman–Crippen LogP) is 2.29. The monoisotopic (exact) mass is 344 g/mol. The Morgan fingerprint density at radius 1 is 1.12 bits per heavy atom. The lowest BCUT2D eigenvalue weighted by atomic mass is 9.96. The Morgan fingerprint density at radius 3 is 2.64 bits per heavy atom. The third-order valence-corrected chi connectivity index (χ3v) is 5.27. The fourth-order valence-electron chi connectivity index (χ4n) is 3.81. The average molecular weight is 344 g/mol. The zero-order valence-electron chi connectivity index (χ0n) is 14.3. The van der Waals surface area contributed by atoms with Crippen LogP contribution in [0.3, 0.4) is 0 Å². The number of urea groups is 1. The van der Waals surface area contributed by atoms with Crippen LogP contribution in [-0.4, -0.2) is 48.1 Å². The third-order valence-electron chi connectivity index (χ3n) is 5.27. The standard InChI is InChI=1S/C18H24N4O3/c23-17(19-13-4-2-1-3-5-13)22-10-8-21(9-11-22)14-6-7-15-16(12-14)25-18(24)20-15/h6-7,12-13H,1-5,8-11H2,(H,19,23)(H,20,24). The van der Waals surface area contributed by atoms with Crippen LogP contribution in [0.25, 0.3) is 11.1 Å². The maximum absolute atomic E-state index is 12.4. The Labute approximate surface area is 146 Å². The van der Waals surface area contributed by atoms with Crippen molar-refractivity contribution in [3.63, 3.8) is 0 Å². The van der Waals surface area contributed by atoms with Crippen molar-refractivity contribution < 1.29 is 9.21 Å². The molecule has 2 aliphatic rings. The van der Waals surface area contributed by atoms with Crippen molar-refractivity contribution in [3.05, 3.63) is 28.7 Å². The van der Waals surface area contributed by atoms with Crippen molar-refractivity contribution in [1.82, 2.24) is 15.2 Å². The van der Waals surface area contributed by atoms with E-state index in [9.17, 15) is 9.59 Å². The van der Waals surface area contributed by atoms with Gasteiger partial charge in [0.25, 0.3) is 0 Å². The summed E-state index contributed by atoms with van der Waals surface area (Å²) < 4.78 is 5.13. The second-order valence-corrected chi connectivity index (χ2v) is 6.95. The number of nitrogens with one attached hydrogen (secondary N) is 2. The summed E-state index contributed by atoms with van der Waals surface area (Å²) in [6, 6.07) is 6.13. The van der Waals surface area contributed by atoms with Gasteiger partial charge in [0.2, 0.25) is 0 Å². The molecule has 1 aromatic carbocycles. The zero-order valence-corrected chi connectivity index (χ0v) is 14.3. The van der Waals surface area contributed by atoms with E-state index in [1.165, 1.54) is 19.3 Å². The molecule has 2 amide bonds. The molecule has 1 aliphatic heterocycles. The topological polar surface area (TPSA) is 81.6 Å². The molecule has 0 atom stereocenters. The molecule has 4 rings (SSSR count). The van der Waals surface area contributed by atoms with Crippen LogP contribution in [0.1, 0.15) is 32.1 Å². The van der Waals surface area contributed by atoms with Crippen LogP contribution in [0.5, 0.6) is 0 Å². The van der Waals surface area contributed by atoms with Gasteiger partial charge in [-0.25, -0.2) is 9.59 Å². The van der Waals surface area contributed by atoms with E-state index in [2.05, 4.69) is 15.2 Å². The number of H-pyrrole nitrogens is 1. The fraction of sp³-hybridized carbons (Fsp3) is 0.556. The summed E-state index contributed by atoms with van der Waals surface area (Å²) >= 11 is 0. The van der Waals surface area contributed by atoms with Crippen molar-refractivity contribution in [3.8, 4) is 0 Å². The van der Waals surface area contributed by atoms with Crippen molar-refractivity contribution in [2.45, 2.75) is 38.1 Å². The van der Waals surface area contributed by atoms with Gasteiger partial charge in [-0.1, -0.05) is 19.3 Å². The molecule has 1 aliphatic carbocycles. The molecule has 134 valence electrons. The maximum atomic E-state index is 12.4. The summed E-state index contributed by atoms with van der Waals surface area (Å²) in [6.45, 7) is 2.96. The van der Waals surface area contributed by atoms with Crippen LogP contribution in [-0.2, 0) is 0 Å². The number of carbonyl (C=O) groups excluding carboxylic acids is 1. The highest BCUT2D eigenvalue weighted by atomic mass is 16.4. The number of carbonyl (C=O) groups is 1. The predicted molar refractivity (Wildman–Crippen MR) is 96.0 cm³/mol. The van der Waals surface area contributed by atoms with Gasteiger partial charge in [0.15, 0.2) is 5.58 Å². The lowest BCUT2D eigenvalue weighted by Gasteiger charge is -2.37. The molecule has 25 heavy (non-hydrogen) atoms. The highest BCUT2D eigenvalue weighted by molar-refractivity contribution is 5.77. The SMILES string of the molecule is O=C(NC1CCCCC1)N1CCN(c2ccc3[nH]c(=O)oc3c2)CC1. The van der Waals surface area contributed by atoms with Crippen LogP contribution in [0.15, 0.2) is 27.4 Å². The minimum absolute atomic E-state index is 0.0682. The maximum Gasteiger partial charge on any atom is 0.417 e. The molecule has 7 heteroatoms. The molecule has 0 unspecified atom stereocenters. The number of rotatable bonds is 2. The molecule has 2 fully saturated rings. The number of hydrogen-bond donors (Lipinski definition) is 2. The van der Waals surface area contributed by atoms with E-state index in [1.54, 1.807) is 0 Å². The van der Waals surface area contributed by atoms with Crippen LogP contribution < -0.4 is 16.0 Å². The molecule has 0 bridgehead atoms. The number of aromatic amines is 1. The van der Waals surface area contributed by atoms with Gasteiger partial charge < -0.3 is 19.5 Å². The van der Waals surface area contributed by atoms with Crippen molar-refractivity contribution in [2.75, 3.05) is 31.1 Å². The van der Waals surface area contributed by atoms with E-state index in [-0.39, 0.29) is 6.03 Å². The normalized spacial score (nSPS) is 19.4. The molecule has 2 heterocycles. The highest BCUT2D eigenvalue weighted by Crippen LogP contribution is 2.22. The van der Waals surface area contributed by atoms with E-state index in [4.69, 9.17) is 4.42 Å². The van der Waals surface area contributed by atoms with E-state index >= 15 is 0 Å². The molecule has 0 spiro atoms. The van der Waals surface area contributed by atoms with Crippen LogP contribution in [0.2, 0.25) is 0 Å². The average Bonchev–Trinajstić information content (AvgIpc) is 3.02. The number of aromatic nitrogens is 1. The van der Waals surface area contributed by atoms with Gasteiger partial charge in [-0.05, 0) is 25.0 Å². The fourth-order valence-corrected chi connectivity index (χ4v) is 3.81. The number of amides is 2.